The highest BCUT2D eigenvalue weighted by Gasteiger charge is 2.28. The van der Waals surface area contributed by atoms with E-state index in [1.165, 1.54) is 4.31 Å². The minimum Gasteiger partial charge on any atom is -0.395 e. The van der Waals surface area contributed by atoms with Crippen LogP contribution in [0.25, 0.3) is 0 Å². The standard InChI is InChI=1S/C13H15NO3S/c15-9-2-1-5-12-6-3-7-13(11-12)14-8-4-10-18(14,16)17/h3,6-7,11,15H,2,4,8-10H2. The monoisotopic (exact) mass is 265 g/mol. The normalized spacial score (nSPS) is 17.3. The van der Waals surface area contributed by atoms with Crippen molar-refractivity contribution in [3.63, 3.8) is 0 Å². The summed E-state index contributed by atoms with van der Waals surface area (Å²) < 4.78 is 25.0. The number of hydrogen-bond acceptors (Lipinski definition) is 3. The van der Waals surface area contributed by atoms with Crippen LogP contribution >= 0.6 is 0 Å². The molecule has 1 aliphatic heterocycles. The molecule has 1 heterocycles. The van der Waals surface area contributed by atoms with Gasteiger partial charge in [0.25, 0.3) is 0 Å². The molecule has 0 saturated carbocycles. The van der Waals surface area contributed by atoms with Crippen molar-refractivity contribution >= 4 is 15.7 Å². The average Bonchev–Trinajstić information content (AvgIpc) is 2.70. The third kappa shape index (κ3) is 2.84. The Morgan fingerprint density at radius 3 is 2.89 bits per heavy atom. The summed E-state index contributed by atoms with van der Waals surface area (Å²) in [6, 6.07) is 7.18. The fraction of sp³-hybridized carbons (Fsp3) is 0.385. The Labute approximate surface area is 107 Å². The molecule has 1 aromatic carbocycles. The van der Waals surface area contributed by atoms with Crippen LogP contribution in [0.4, 0.5) is 5.69 Å². The van der Waals surface area contributed by atoms with Gasteiger partial charge in [0.1, 0.15) is 0 Å². The SMILES string of the molecule is O=S1(=O)CCCN1c1cccc(C#CCCO)c1. The lowest BCUT2D eigenvalue weighted by molar-refractivity contribution is 0.305. The van der Waals surface area contributed by atoms with Crippen LogP contribution in [-0.2, 0) is 10.0 Å². The van der Waals surface area contributed by atoms with Gasteiger partial charge in [0.15, 0.2) is 0 Å². The first-order valence-corrected chi connectivity index (χ1v) is 7.44. The summed E-state index contributed by atoms with van der Waals surface area (Å²) >= 11 is 0. The van der Waals surface area contributed by atoms with Crippen molar-refractivity contribution in [3.8, 4) is 11.8 Å². The van der Waals surface area contributed by atoms with E-state index in [9.17, 15) is 8.42 Å². The van der Waals surface area contributed by atoms with Crippen molar-refractivity contribution in [2.24, 2.45) is 0 Å². The van der Waals surface area contributed by atoms with E-state index in [0.29, 0.717) is 25.1 Å². The predicted octanol–water partition coefficient (Wildman–Crippen LogP) is 0.960. The Balaban J connectivity index is 2.26. The van der Waals surface area contributed by atoms with Gasteiger partial charge in [0.2, 0.25) is 10.0 Å². The molecule has 0 unspecified atom stereocenters. The Hall–Kier alpha value is -1.51. The van der Waals surface area contributed by atoms with Gasteiger partial charge >= 0.3 is 0 Å². The largest absolute Gasteiger partial charge is 0.395 e. The summed E-state index contributed by atoms with van der Waals surface area (Å²) in [5.41, 5.74) is 1.44. The smallest absolute Gasteiger partial charge is 0.235 e. The number of aliphatic hydroxyl groups excluding tert-OH is 1. The molecule has 0 aliphatic carbocycles. The molecule has 0 amide bonds. The Morgan fingerprint density at radius 1 is 1.39 bits per heavy atom. The van der Waals surface area contributed by atoms with Crippen LogP contribution in [0.2, 0.25) is 0 Å². The maximum absolute atomic E-state index is 11.8. The van der Waals surface area contributed by atoms with Gasteiger partial charge in [-0.3, -0.25) is 4.31 Å². The summed E-state index contributed by atoms with van der Waals surface area (Å²) in [6.07, 6.45) is 1.09. The van der Waals surface area contributed by atoms with Gasteiger partial charge < -0.3 is 5.11 Å². The van der Waals surface area contributed by atoms with Crippen molar-refractivity contribution in [3.05, 3.63) is 29.8 Å². The van der Waals surface area contributed by atoms with E-state index in [2.05, 4.69) is 11.8 Å². The van der Waals surface area contributed by atoms with E-state index in [1.54, 1.807) is 18.2 Å². The van der Waals surface area contributed by atoms with Gasteiger partial charge in [-0.15, -0.1) is 0 Å². The zero-order valence-corrected chi connectivity index (χ0v) is 10.8. The zero-order chi connectivity index (χ0) is 13.0. The van der Waals surface area contributed by atoms with Crippen molar-refractivity contribution in [1.82, 2.24) is 0 Å². The number of nitrogens with zero attached hydrogens (tertiary/aromatic N) is 1. The van der Waals surface area contributed by atoms with Crippen molar-refractivity contribution in [2.45, 2.75) is 12.8 Å². The first-order chi connectivity index (χ1) is 8.63. The van der Waals surface area contributed by atoms with E-state index in [-0.39, 0.29) is 12.4 Å². The van der Waals surface area contributed by atoms with Crippen molar-refractivity contribution in [1.29, 1.82) is 0 Å². The van der Waals surface area contributed by atoms with Crippen molar-refractivity contribution in [2.75, 3.05) is 23.2 Å². The average molecular weight is 265 g/mol. The highest BCUT2D eigenvalue weighted by atomic mass is 32.2. The van der Waals surface area contributed by atoms with E-state index in [4.69, 9.17) is 5.11 Å². The van der Waals surface area contributed by atoms with Gasteiger partial charge in [-0.25, -0.2) is 8.42 Å². The van der Waals surface area contributed by atoms with Crippen molar-refractivity contribution < 1.29 is 13.5 Å². The third-order valence-corrected chi connectivity index (χ3v) is 4.57. The second-order valence-corrected chi connectivity index (χ2v) is 6.08. The first kappa shape index (κ1) is 12.9. The van der Waals surface area contributed by atoms with E-state index in [0.717, 1.165) is 5.56 Å². The summed E-state index contributed by atoms with van der Waals surface area (Å²) in [7, 11) is -3.14. The van der Waals surface area contributed by atoms with Gasteiger partial charge in [-0.2, -0.15) is 0 Å². The quantitative estimate of drug-likeness (QED) is 0.810. The molecule has 1 aliphatic rings. The highest BCUT2D eigenvalue weighted by molar-refractivity contribution is 7.93. The zero-order valence-electron chi connectivity index (χ0n) is 9.96. The topological polar surface area (TPSA) is 57.6 Å². The molecular weight excluding hydrogens is 250 g/mol. The maximum Gasteiger partial charge on any atom is 0.235 e. The van der Waals surface area contributed by atoms with Crippen LogP contribution in [0.15, 0.2) is 24.3 Å². The Kier molecular flexibility index (Phi) is 3.90. The first-order valence-electron chi connectivity index (χ1n) is 5.84. The number of hydrogen-bond donors (Lipinski definition) is 1. The minimum atomic E-state index is -3.14. The van der Waals surface area contributed by atoms with Gasteiger partial charge in [0, 0.05) is 18.5 Å². The van der Waals surface area contributed by atoms with E-state index < -0.39 is 10.0 Å². The second-order valence-electron chi connectivity index (χ2n) is 4.07. The second kappa shape index (κ2) is 5.42. The van der Waals surface area contributed by atoms with Crippen LogP contribution in [0.3, 0.4) is 0 Å². The van der Waals surface area contributed by atoms with E-state index in [1.807, 2.05) is 6.07 Å². The highest BCUT2D eigenvalue weighted by Crippen LogP contribution is 2.24. The molecule has 0 aromatic heterocycles. The molecule has 2 rings (SSSR count). The van der Waals surface area contributed by atoms with Gasteiger partial charge in [-0.05, 0) is 24.6 Å². The number of benzene rings is 1. The molecule has 1 N–H and O–H groups in total. The van der Waals surface area contributed by atoms with Crippen LogP contribution in [0.5, 0.6) is 0 Å². The molecule has 1 fully saturated rings. The number of anilines is 1. The lowest BCUT2D eigenvalue weighted by Crippen LogP contribution is -2.24. The van der Waals surface area contributed by atoms with Crippen LogP contribution < -0.4 is 4.31 Å². The van der Waals surface area contributed by atoms with E-state index >= 15 is 0 Å². The Morgan fingerprint density at radius 2 is 2.22 bits per heavy atom. The maximum atomic E-state index is 11.8. The third-order valence-electron chi connectivity index (χ3n) is 2.70. The number of aliphatic hydroxyl groups is 1. The molecule has 96 valence electrons. The van der Waals surface area contributed by atoms with Crippen LogP contribution in [-0.4, -0.2) is 32.4 Å². The predicted molar refractivity (Wildman–Crippen MR) is 70.8 cm³/mol. The molecule has 4 nitrogen and oxygen atoms in total. The fourth-order valence-corrected chi connectivity index (χ4v) is 3.45. The van der Waals surface area contributed by atoms with Crippen LogP contribution in [0.1, 0.15) is 18.4 Å². The molecular formula is C13H15NO3S. The molecule has 18 heavy (non-hydrogen) atoms. The molecule has 1 saturated heterocycles. The number of sulfonamides is 1. The number of rotatable bonds is 2. The molecule has 0 atom stereocenters. The molecule has 0 spiro atoms. The van der Waals surface area contributed by atoms with Gasteiger partial charge in [0.05, 0.1) is 18.0 Å². The summed E-state index contributed by atoms with van der Waals surface area (Å²) in [5, 5.41) is 8.65. The summed E-state index contributed by atoms with van der Waals surface area (Å²) in [4.78, 5) is 0. The summed E-state index contributed by atoms with van der Waals surface area (Å²) in [5.74, 6) is 5.94. The fourth-order valence-electron chi connectivity index (χ4n) is 1.89. The van der Waals surface area contributed by atoms with Crippen LogP contribution in [0, 0.1) is 11.8 Å². The molecule has 0 radical (unpaired) electrons. The Bertz CT molecular complexity index is 584. The lowest BCUT2D eigenvalue weighted by atomic mass is 10.2. The van der Waals surface area contributed by atoms with Gasteiger partial charge in [-0.1, -0.05) is 17.9 Å². The summed E-state index contributed by atoms with van der Waals surface area (Å²) in [6.45, 7) is 0.572. The molecule has 0 bridgehead atoms. The molecule has 1 aromatic rings. The lowest BCUT2D eigenvalue weighted by Gasteiger charge is -2.16. The minimum absolute atomic E-state index is 0.0349. The molecule has 5 heteroatoms.